The largest absolute Gasteiger partial charge is 0.359 e. The van der Waals surface area contributed by atoms with Gasteiger partial charge in [-0.15, -0.1) is 0 Å². The number of ketones is 1. The van der Waals surface area contributed by atoms with Gasteiger partial charge in [0.2, 0.25) is 0 Å². The molecule has 0 aliphatic heterocycles. The van der Waals surface area contributed by atoms with Crippen LogP contribution in [0.1, 0.15) is 15.9 Å². The highest BCUT2D eigenvalue weighted by Gasteiger charge is 2.20. The van der Waals surface area contributed by atoms with Crippen molar-refractivity contribution < 1.29 is 9.18 Å². The van der Waals surface area contributed by atoms with Crippen LogP contribution in [0.15, 0.2) is 47.1 Å². The van der Waals surface area contributed by atoms with Gasteiger partial charge >= 0.3 is 0 Å². The third-order valence-electron chi connectivity index (χ3n) is 3.10. The van der Waals surface area contributed by atoms with E-state index in [9.17, 15) is 9.18 Å². The number of hydrogen-bond donors (Lipinski definition) is 1. The third-order valence-corrected chi connectivity index (χ3v) is 4.07. The molecule has 0 aliphatic rings. The fourth-order valence-corrected chi connectivity index (χ4v) is 2.91. The molecule has 1 aromatic heterocycles. The SMILES string of the molecule is O=C(c1c(F)cccc1Br)c1c[nH]c2c(Cl)cccc12. The van der Waals surface area contributed by atoms with E-state index in [2.05, 4.69) is 20.9 Å². The van der Waals surface area contributed by atoms with E-state index in [0.717, 1.165) is 0 Å². The molecule has 3 rings (SSSR count). The zero-order chi connectivity index (χ0) is 14.3. The van der Waals surface area contributed by atoms with Crippen molar-refractivity contribution >= 4 is 44.2 Å². The van der Waals surface area contributed by atoms with Crippen LogP contribution in [-0.2, 0) is 0 Å². The van der Waals surface area contributed by atoms with Gasteiger partial charge in [0.15, 0.2) is 5.78 Å². The Hall–Kier alpha value is -1.65. The Labute approximate surface area is 127 Å². The summed E-state index contributed by atoms with van der Waals surface area (Å²) >= 11 is 9.27. The summed E-state index contributed by atoms with van der Waals surface area (Å²) in [6, 6.07) is 9.71. The molecule has 0 saturated heterocycles. The number of carbonyl (C=O) groups is 1. The van der Waals surface area contributed by atoms with Crippen molar-refractivity contribution in [2.24, 2.45) is 0 Å². The molecule has 0 fully saturated rings. The Balaban J connectivity index is 2.21. The van der Waals surface area contributed by atoms with E-state index in [1.165, 1.54) is 6.07 Å². The molecule has 5 heteroatoms. The van der Waals surface area contributed by atoms with Crippen molar-refractivity contribution in [2.75, 3.05) is 0 Å². The molecule has 2 nitrogen and oxygen atoms in total. The molecule has 2 aromatic carbocycles. The Kier molecular flexibility index (Phi) is 3.36. The maximum atomic E-state index is 13.9. The van der Waals surface area contributed by atoms with Gasteiger partial charge in [-0.3, -0.25) is 4.79 Å². The Morgan fingerprint density at radius 3 is 2.70 bits per heavy atom. The van der Waals surface area contributed by atoms with Crippen molar-refractivity contribution in [3.8, 4) is 0 Å². The molecular formula is C15H8BrClFNO. The number of H-pyrrole nitrogens is 1. The summed E-state index contributed by atoms with van der Waals surface area (Å²) in [5.41, 5.74) is 1.09. The highest BCUT2D eigenvalue weighted by Crippen LogP contribution is 2.29. The summed E-state index contributed by atoms with van der Waals surface area (Å²) in [4.78, 5) is 15.5. The molecule has 3 aromatic rings. The molecule has 0 unspecified atom stereocenters. The van der Waals surface area contributed by atoms with E-state index in [4.69, 9.17) is 11.6 Å². The predicted octanol–water partition coefficient (Wildman–Crippen LogP) is 4.95. The van der Waals surface area contributed by atoms with Crippen LogP contribution in [0.2, 0.25) is 5.02 Å². The molecule has 0 bridgehead atoms. The normalized spacial score (nSPS) is 10.9. The first kappa shape index (κ1) is 13.3. The number of rotatable bonds is 2. The number of para-hydroxylation sites is 1. The van der Waals surface area contributed by atoms with Crippen molar-refractivity contribution in [2.45, 2.75) is 0 Å². The summed E-state index contributed by atoms with van der Waals surface area (Å²) in [6.07, 6.45) is 1.55. The minimum Gasteiger partial charge on any atom is -0.359 e. The second kappa shape index (κ2) is 5.04. The zero-order valence-corrected chi connectivity index (χ0v) is 12.4. The standard InChI is InChI=1S/C15H8BrClFNO/c16-10-4-2-6-12(18)13(10)15(20)9-7-19-14-8(9)3-1-5-11(14)17/h1-7,19H. The first-order chi connectivity index (χ1) is 9.59. The van der Waals surface area contributed by atoms with E-state index in [1.54, 1.807) is 36.5 Å². The summed E-state index contributed by atoms with van der Waals surface area (Å²) in [5, 5.41) is 1.20. The van der Waals surface area contributed by atoms with E-state index < -0.39 is 5.82 Å². The van der Waals surface area contributed by atoms with E-state index in [0.29, 0.717) is 26.0 Å². The molecule has 1 heterocycles. The zero-order valence-electron chi connectivity index (χ0n) is 10.1. The molecule has 100 valence electrons. The van der Waals surface area contributed by atoms with E-state index in [1.807, 2.05) is 0 Å². The Bertz CT molecular complexity index is 808. The topological polar surface area (TPSA) is 32.9 Å². The number of aromatic nitrogens is 1. The van der Waals surface area contributed by atoms with Gasteiger partial charge < -0.3 is 4.98 Å². The third kappa shape index (κ3) is 2.05. The number of hydrogen-bond acceptors (Lipinski definition) is 1. The number of aromatic amines is 1. The van der Waals surface area contributed by atoms with Gasteiger partial charge in [-0.05, 0) is 34.1 Å². The lowest BCUT2D eigenvalue weighted by molar-refractivity contribution is 0.103. The fraction of sp³-hybridized carbons (Fsp3) is 0. The molecular weight excluding hydrogens is 345 g/mol. The molecule has 20 heavy (non-hydrogen) atoms. The van der Waals surface area contributed by atoms with Crippen LogP contribution in [0.3, 0.4) is 0 Å². The Morgan fingerprint density at radius 1 is 1.20 bits per heavy atom. The number of fused-ring (bicyclic) bond motifs is 1. The van der Waals surface area contributed by atoms with Crippen molar-refractivity contribution in [3.63, 3.8) is 0 Å². The van der Waals surface area contributed by atoms with Gasteiger partial charge in [-0.25, -0.2) is 4.39 Å². The van der Waals surface area contributed by atoms with Crippen LogP contribution < -0.4 is 0 Å². The molecule has 0 saturated carbocycles. The average molecular weight is 353 g/mol. The second-order valence-electron chi connectivity index (χ2n) is 4.29. The second-order valence-corrected chi connectivity index (χ2v) is 5.55. The monoisotopic (exact) mass is 351 g/mol. The minimum atomic E-state index is -0.555. The number of benzene rings is 2. The maximum Gasteiger partial charge on any atom is 0.199 e. The lowest BCUT2D eigenvalue weighted by atomic mass is 10.0. The highest BCUT2D eigenvalue weighted by molar-refractivity contribution is 9.10. The van der Waals surface area contributed by atoms with Crippen LogP contribution in [0.25, 0.3) is 10.9 Å². The summed E-state index contributed by atoms with van der Waals surface area (Å²) in [6.45, 7) is 0. The van der Waals surface area contributed by atoms with Gasteiger partial charge in [0, 0.05) is 21.6 Å². The van der Waals surface area contributed by atoms with Crippen LogP contribution in [-0.4, -0.2) is 10.8 Å². The molecule has 0 spiro atoms. The van der Waals surface area contributed by atoms with Gasteiger partial charge in [-0.1, -0.05) is 29.8 Å². The minimum absolute atomic E-state index is 0.0216. The summed E-state index contributed by atoms with van der Waals surface area (Å²) in [5.74, 6) is -0.941. The lowest BCUT2D eigenvalue weighted by Gasteiger charge is -2.04. The number of halogens is 3. The van der Waals surface area contributed by atoms with Gasteiger partial charge in [0.05, 0.1) is 16.1 Å². The number of carbonyl (C=O) groups excluding carboxylic acids is 1. The van der Waals surface area contributed by atoms with Crippen LogP contribution in [0, 0.1) is 5.82 Å². The molecule has 0 atom stereocenters. The van der Waals surface area contributed by atoms with Crippen molar-refractivity contribution in [1.82, 2.24) is 4.98 Å². The molecule has 0 aliphatic carbocycles. The molecule has 0 radical (unpaired) electrons. The summed E-state index contributed by atoms with van der Waals surface area (Å²) < 4.78 is 14.3. The first-order valence-corrected chi connectivity index (χ1v) is 7.01. The quantitative estimate of drug-likeness (QED) is 0.650. The van der Waals surface area contributed by atoms with E-state index in [-0.39, 0.29) is 11.3 Å². The van der Waals surface area contributed by atoms with Crippen LogP contribution >= 0.6 is 27.5 Å². The van der Waals surface area contributed by atoms with Gasteiger partial charge in [0.1, 0.15) is 5.82 Å². The summed E-state index contributed by atoms with van der Waals surface area (Å²) in [7, 11) is 0. The smallest absolute Gasteiger partial charge is 0.199 e. The van der Waals surface area contributed by atoms with Crippen LogP contribution in [0.4, 0.5) is 4.39 Å². The lowest BCUT2D eigenvalue weighted by Crippen LogP contribution is -2.04. The van der Waals surface area contributed by atoms with Crippen molar-refractivity contribution in [3.05, 3.63) is 69.0 Å². The Morgan fingerprint density at radius 2 is 1.95 bits per heavy atom. The van der Waals surface area contributed by atoms with Gasteiger partial charge in [-0.2, -0.15) is 0 Å². The van der Waals surface area contributed by atoms with Crippen molar-refractivity contribution in [1.29, 1.82) is 0 Å². The number of nitrogens with one attached hydrogen (secondary N) is 1. The maximum absolute atomic E-state index is 13.9. The van der Waals surface area contributed by atoms with E-state index >= 15 is 0 Å². The fourth-order valence-electron chi connectivity index (χ4n) is 2.15. The molecule has 1 N–H and O–H groups in total. The molecule has 0 amide bonds. The predicted molar refractivity (Wildman–Crippen MR) is 80.8 cm³/mol. The first-order valence-electron chi connectivity index (χ1n) is 5.84. The van der Waals surface area contributed by atoms with Gasteiger partial charge in [0.25, 0.3) is 0 Å². The average Bonchev–Trinajstić information content (AvgIpc) is 2.83. The van der Waals surface area contributed by atoms with Crippen LogP contribution in [0.5, 0.6) is 0 Å². The highest BCUT2D eigenvalue weighted by atomic mass is 79.9.